The standard InChI is InChI=1S/C15H21ClF2N2.2ClH/c1-2-3-4-13(20-9-7-19-8-10-20)14-11(17)5-6-12(18)15(14)16;;/h5-6,13,19H,2-4,7-10H2,1H3;2*1H/t13-;;/m1../s1. The Hall–Kier alpha value is -0.130. The number of halogens is 5. The highest BCUT2D eigenvalue weighted by molar-refractivity contribution is 6.31. The molecule has 128 valence electrons. The van der Waals surface area contributed by atoms with Gasteiger partial charge in [-0.1, -0.05) is 31.4 Å². The van der Waals surface area contributed by atoms with Gasteiger partial charge in [0, 0.05) is 37.8 Å². The van der Waals surface area contributed by atoms with Crippen LogP contribution in [0.3, 0.4) is 0 Å². The van der Waals surface area contributed by atoms with Gasteiger partial charge in [0.15, 0.2) is 0 Å². The minimum absolute atomic E-state index is 0. The summed E-state index contributed by atoms with van der Waals surface area (Å²) in [4.78, 5) is 2.20. The molecule has 1 aromatic carbocycles. The Bertz CT molecular complexity index is 455. The summed E-state index contributed by atoms with van der Waals surface area (Å²) >= 11 is 6.03. The van der Waals surface area contributed by atoms with E-state index in [0.717, 1.165) is 51.5 Å². The van der Waals surface area contributed by atoms with Gasteiger partial charge in [0.25, 0.3) is 0 Å². The topological polar surface area (TPSA) is 15.3 Å². The van der Waals surface area contributed by atoms with E-state index < -0.39 is 11.6 Å². The predicted octanol–water partition coefficient (Wildman–Crippen LogP) is 4.60. The lowest BCUT2D eigenvalue weighted by Gasteiger charge is -2.36. The first-order valence-corrected chi connectivity index (χ1v) is 7.61. The summed E-state index contributed by atoms with van der Waals surface area (Å²) in [6.45, 7) is 5.51. The van der Waals surface area contributed by atoms with Crippen molar-refractivity contribution < 1.29 is 8.78 Å². The van der Waals surface area contributed by atoms with Crippen molar-refractivity contribution in [3.05, 3.63) is 34.4 Å². The van der Waals surface area contributed by atoms with Crippen LogP contribution in [0.25, 0.3) is 0 Å². The molecule has 0 spiro atoms. The first-order chi connectivity index (χ1) is 9.65. The van der Waals surface area contributed by atoms with Gasteiger partial charge in [-0.05, 0) is 18.6 Å². The number of nitrogens with one attached hydrogen (secondary N) is 1. The van der Waals surface area contributed by atoms with Crippen molar-refractivity contribution >= 4 is 36.4 Å². The molecule has 0 amide bonds. The van der Waals surface area contributed by atoms with Crippen molar-refractivity contribution in [2.75, 3.05) is 26.2 Å². The Balaban J connectivity index is 0.00000220. The molecular weight excluding hydrogens is 353 g/mol. The second-order valence-corrected chi connectivity index (χ2v) is 5.58. The van der Waals surface area contributed by atoms with Crippen LogP contribution in [0.5, 0.6) is 0 Å². The Morgan fingerprint density at radius 2 is 1.77 bits per heavy atom. The molecule has 1 N–H and O–H groups in total. The number of rotatable bonds is 5. The van der Waals surface area contributed by atoms with Gasteiger partial charge >= 0.3 is 0 Å². The van der Waals surface area contributed by atoms with Crippen molar-refractivity contribution in [2.24, 2.45) is 0 Å². The lowest BCUT2D eigenvalue weighted by atomic mass is 9.98. The molecule has 0 aromatic heterocycles. The average molecular weight is 376 g/mol. The quantitative estimate of drug-likeness (QED) is 0.757. The van der Waals surface area contributed by atoms with Gasteiger partial charge in [-0.2, -0.15) is 0 Å². The maximum atomic E-state index is 14.2. The third-order valence-corrected chi connectivity index (χ3v) is 4.22. The maximum Gasteiger partial charge on any atom is 0.142 e. The van der Waals surface area contributed by atoms with Gasteiger partial charge < -0.3 is 5.32 Å². The lowest BCUT2D eigenvalue weighted by molar-refractivity contribution is 0.160. The van der Waals surface area contributed by atoms with Crippen molar-refractivity contribution in [3.63, 3.8) is 0 Å². The molecule has 1 heterocycles. The van der Waals surface area contributed by atoms with Gasteiger partial charge in [0.05, 0.1) is 5.02 Å². The van der Waals surface area contributed by atoms with Crippen LogP contribution >= 0.6 is 36.4 Å². The normalized spacial score (nSPS) is 16.5. The molecule has 1 aliphatic heterocycles. The molecule has 0 bridgehead atoms. The van der Waals surface area contributed by atoms with Gasteiger partial charge in [0.1, 0.15) is 11.6 Å². The lowest BCUT2D eigenvalue weighted by Crippen LogP contribution is -2.45. The van der Waals surface area contributed by atoms with Crippen LogP contribution in [0.1, 0.15) is 37.8 Å². The Labute approximate surface area is 148 Å². The van der Waals surface area contributed by atoms with E-state index >= 15 is 0 Å². The predicted molar refractivity (Wildman–Crippen MR) is 92.6 cm³/mol. The summed E-state index contributed by atoms with van der Waals surface area (Å²) in [5, 5.41) is 3.21. The molecule has 1 saturated heterocycles. The highest BCUT2D eigenvalue weighted by Crippen LogP contribution is 2.35. The molecule has 2 nitrogen and oxygen atoms in total. The summed E-state index contributed by atoms with van der Waals surface area (Å²) in [5.74, 6) is -0.948. The molecule has 0 radical (unpaired) electrons. The Morgan fingerprint density at radius 3 is 2.36 bits per heavy atom. The second kappa shape index (κ2) is 10.6. The summed E-state index contributed by atoms with van der Waals surface area (Å²) in [6, 6.07) is 2.13. The van der Waals surface area contributed by atoms with Gasteiger partial charge in [-0.3, -0.25) is 4.90 Å². The molecule has 0 saturated carbocycles. The maximum absolute atomic E-state index is 14.2. The molecule has 0 unspecified atom stereocenters. The second-order valence-electron chi connectivity index (χ2n) is 5.20. The average Bonchev–Trinajstić information content (AvgIpc) is 2.47. The number of hydrogen-bond acceptors (Lipinski definition) is 2. The van der Waals surface area contributed by atoms with E-state index in [4.69, 9.17) is 11.6 Å². The van der Waals surface area contributed by atoms with Gasteiger partial charge in [-0.25, -0.2) is 8.78 Å². The van der Waals surface area contributed by atoms with Crippen molar-refractivity contribution in [2.45, 2.75) is 32.2 Å². The number of hydrogen-bond donors (Lipinski definition) is 1. The molecule has 1 aliphatic rings. The Morgan fingerprint density at radius 1 is 1.18 bits per heavy atom. The molecule has 22 heavy (non-hydrogen) atoms. The third-order valence-electron chi connectivity index (χ3n) is 3.84. The van der Waals surface area contributed by atoms with Crippen LogP contribution in [-0.2, 0) is 0 Å². The number of piperazine rings is 1. The zero-order chi connectivity index (χ0) is 14.5. The molecule has 0 aliphatic carbocycles. The third kappa shape index (κ3) is 5.20. The van der Waals surface area contributed by atoms with Crippen molar-refractivity contribution in [1.82, 2.24) is 10.2 Å². The van der Waals surface area contributed by atoms with E-state index in [1.165, 1.54) is 6.07 Å². The van der Waals surface area contributed by atoms with Crippen molar-refractivity contribution in [1.29, 1.82) is 0 Å². The summed E-state index contributed by atoms with van der Waals surface area (Å²) < 4.78 is 27.8. The molecule has 1 aromatic rings. The largest absolute Gasteiger partial charge is 0.314 e. The highest BCUT2D eigenvalue weighted by atomic mass is 35.5. The van der Waals surface area contributed by atoms with E-state index in [1.54, 1.807) is 0 Å². The first-order valence-electron chi connectivity index (χ1n) is 7.23. The first kappa shape index (κ1) is 21.9. The van der Waals surface area contributed by atoms with Crippen LogP contribution in [0.15, 0.2) is 12.1 Å². The van der Waals surface area contributed by atoms with Crippen LogP contribution in [0.2, 0.25) is 5.02 Å². The monoisotopic (exact) mass is 374 g/mol. The fourth-order valence-electron chi connectivity index (χ4n) is 2.75. The molecule has 1 fully saturated rings. The SMILES string of the molecule is CCCC[C@H](c1c(F)ccc(F)c1Cl)N1CCNCC1.Cl.Cl. The molecule has 7 heteroatoms. The van der Waals surface area contributed by atoms with E-state index in [0.29, 0.717) is 5.56 Å². The number of nitrogens with zero attached hydrogens (tertiary/aromatic N) is 1. The van der Waals surface area contributed by atoms with Crippen molar-refractivity contribution in [3.8, 4) is 0 Å². The number of benzene rings is 1. The van der Waals surface area contributed by atoms with Crippen LogP contribution in [0, 0.1) is 11.6 Å². The van der Waals surface area contributed by atoms with Gasteiger partial charge in [0.2, 0.25) is 0 Å². The Kier molecular flexibility index (Phi) is 10.5. The fourth-order valence-corrected chi connectivity index (χ4v) is 3.03. The zero-order valence-electron chi connectivity index (χ0n) is 12.6. The summed E-state index contributed by atoms with van der Waals surface area (Å²) in [5.41, 5.74) is 0.321. The smallest absolute Gasteiger partial charge is 0.142 e. The minimum Gasteiger partial charge on any atom is -0.314 e. The van der Waals surface area contributed by atoms with Crippen LogP contribution in [-0.4, -0.2) is 31.1 Å². The van der Waals surface area contributed by atoms with E-state index in [2.05, 4.69) is 17.1 Å². The molecule has 1 atom stereocenters. The van der Waals surface area contributed by atoms with Gasteiger partial charge in [-0.15, -0.1) is 24.8 Å². The summed E-state index contributed by atoms with van der Waals surface area (Å²) in [6.07, 6.45) is 2.80. The zero-order valence-corrected chi connectivity index (χ0v) is 15.0. The van der Waals surface area contributed by atoms with E-state index in [-0.39, 0.29) is 35.9 Å². The molecular formula is C15H23Cl3F2N2. The molecule has 2 rings (SSSR count). The summed E-state index contributed by atoms with van der Waals surface area (Å²) in [7, 11) is 0. The van der Waals surface area contributed by atoms with Crippen LogP contribution in [0.4, 0.5) is 8.78 Å². The minimum atomic E-state index is -0.542. The number of unbranched alkanes of at least 4 members (excludes halogenated alkanes) is 1. The van der Waals surface area contributed by atoms with E-state index in [1.807, 2.05) is 0 Å². The van der Waals surface area contributed by atoms with E-state index in [9.17, 15) is 8.78 Å². The highest BCUT2D eigenvalue weighted by Gasteiger charge is 2.27. The van der Waals surface area contributed by atoms with Crippen LogP contribution < -0.4 is 5.32 Å². The fraction of sp³-hybridized carbons (Fsp3) is 0.600.